The average Bonchev–Trinajstić information content (AvgIpc) is 2.48. The summed E-state index contributed by atoms with van der Waals surface area (Å²) in [5.74, 6) is -1.74. The minimum atomic E-state index is -4.78. The molecule has 1 aliphatic rings. The molecule has 18 heavy (non-hydrogen) atoms. The number of halogens is 4. The Labute approximate surface area is 111 Å². The van der Waals surface area contributed by atoms with E-state index in [2.05, 4.69) is 15.9 Å². The Hall–Kier alpha value is -1.04. The van der Waals surface area contributed by atoms with E-state index in [9.17, 15) is 18.0 Å². The van der Waals surface area contributed by atoms with Gasteiger partial charge in [-0.05, 0) is 36.1 Å². The zero-order chi connectivity index (χ0) is 13.3. The van der Waals surface area contributed by atoms with Crippen LogP contribution in [0.1, 0.15) is 11.1 Å². The lowest BCUT2D eigenvalue weighted by molar-refractivity contribution is -0.185. The van der Waals surface area contributed by atoms with Gasteiger partial charge in [-0.25, -0.2) is 0 Å². The molecule has 6 heteroatoms. The molecule has 0 saturated heterocycles. The molecule has 1 aromatic carbocycles. The molecule has 2 nitrogen and oxygen atoms in total. The fourth-order valence-corrected chi connectivity index (χ4v) is 2.48. The third kappa shape index (κ3) is 2.85. The third-order valence-corrected chi connectivity index (χ3v) is 3.49. The third-order valence-electron chi connectivity index (χ3n) is 3.00. The summed E-state index contributed by atoms with van der Waals surface area (Å²) in [6, 6.07) is 5.65. The van der Waals surface area contributed by atoms with E-state index >= 15 is 0 Å². The number of amides is 1. The van der Waals surface area contributed by atoms with Crippen molar-refractivity contribution in [3.63, 3.8) is 0 Å². The smallest absolute Gasteiger partial charge is 0.334 e. The van der Waals surface area contributed by atoms with E-state index in [1.807, 2.05) is 18.2 Å². The summed E-state index contributed by atoms with van der Waals surface area (Å²) in [7, 11) is 0. The van der Waals surface area contributed by atoms with Gasteiger partial charge >= 0.3 is 12.1 Å². The number of benzene rings is 1. The van der Waals surface area contributed by atoms with E-state index in [1.165, 1.54) is 0 Å². The number of nitrogens with zero attached hydrogens (tertiary/aromatic N) is 1. The summed E-state index contributed by atoms with van der Waals surface area (Å²) in [4.78, 5) is 12.1. The Kier molecular flexibility index (Phi) is 3.66. The molecule has 0 spiro atoms. The van der Waals surface area contributed by atoms with Crippen molar-refractivity contribution in [3.05, 3.63) is 33.8 Å². The van der Waals surface area contributed by atoms with E-state index in [0.717, 1.165) is 20.5 Å². The van der Waals surface area contributed by atoms with Crippen LogP contribution in [-0.4, -0.2) is 30.1 Å². The van der Waals surface area contributed by atoms with Crippen molar-refractivity contribution in [2.75, 3.05) is 13.1 Å². The highest BCUT2D eigenvalue weighted by molar-refractivity contribution is 9.10. The van der Waals surface area contributed by atoms with Crippen LogP contribution in [0, 0.1) is 0 Å². The second-order valence-corrected chi connectivity index (χ2v) is 5.12. The van der Waals surface area contributed by atoms with Crippen LogP contribution in [0.25, 0.3) is 0 Å². The minimum absolute atomic E-state index is 0.113. The molecule has 0 aliphatic carbocycles. The molecule has 0 unspecified atom stereocenters. The fourth-order valence-electron chi connectivity index (χ4n) is 2.08. The quantitative estimate of drug-likeness (QED) is 0.719. The molecule has 1 aromatic rings. The van der Waals surface area contributed by atoms with Gasteiger partial charge in [0.05, 0.1) is 0 Å². The van der Waals surface area contributed by atoms with Gasteiger partial charge in [-0.3, -0.25) is 4.79 Å². The molecule has 1 heterocycles. The maximum Gasteiger partial charge on any atom is 0.471 e. The van der Waals surface area contributed by atoms with E-state index < -0.39 is 12.1 Å². The van der Waals surface area contributed by atoms with E-state index in [1.54, 1.807) is 0 Å². The summed E-state index contributed by atoms with van der Waals surface area (Å²) in [6.07, 6.45) is -3.86. The van der Waals surface area contributed by atoms with Crippen LogP contribution in [0.5, 0.6) is 0 Å². The molecule has 0 aromatic heterocycles. The average molecular weight is 322 g/mol. The first kappa shape index (κ1) is 13.4. The molecule has 0 radical (unpaired) electrons. The van der Waals surface area contributed by atoms with Gasteiger partial charge < -0.3 is 4.90 Å². The molecule has 0 fully saturated rings. The van der Waals surface area contributed by atoms with Crippen molar-refractivity contribution in [1.82, 2.24) is 4.90 Å². The summed E-state index contributed by atoms with van der Waals surface area (Å²) >= 11 is 3.33. The maximum atomic E-state index is 12.4. The van der Waals surface area contributed by atoms with E-state index in [-0.39, 0.29) is 13.1 Å². The van der Waals surface area contributed by atoms with Crippen LogP contribution >= 0.6 is 15.9 Å². The number of rotatable bonds is 0. The monoisotopic (exact) mass is 321 g/mol. The standard InChI is InChI=1S/C12H11BrF3NO/c13-10-2-1-8-3-5-17(6-4-9(8)7-10)11(18)12(14,15)16/h1-2,7H,3-6H2. The topological polar surface area (TPSA) is 20.3 Å². The van der Waals surface area contributed by atoms with Gasteiger partial charge in [-0.15, -0.1) is 0 Å². The van der Waals surface area contributed by atoms with Crippen LogP contribution in [0.4, 0.5) is 13.2 Å². The predicted molar refractivity (Wildman–Crippen MR) is 64.2 cm³/mol. The maximum absolute atomic E-state index is 12.4. The SMILES string of the molecule is O=C(N1CCc2ccc(Br)cc2CC1)C(F)(F)F. The lowest BCUT2D eigenvalue weighted by atomic mass is 10.0. The van der Waals surface area contributed by atoms with Gasteiger partial charge in [-0.2, -0.15) is 13.2 Å². The Balaban J connectivity index is 2.15. The first-order chi connectivity index (χ1) is 8.38. The number of alkyl halides is 3. The molecule has 0 N–H and O–H groups in total. The van der Waals surface area contributed by atoms with Crippen LogP contribution < -0.4 is 0 Å². The van der Waals surface area contributed by atoms with Gasteiger partial charge in [0.2, 0.25) is 0 Å². The van der Waals surface area contributed by atoms with Crippen molar-refractivity contribution < 1.29 is 18.0 Å². The highest BCUT2D eigenvalue weighted by atomic mass is 79.9. The van der Waals surface area contributed by atoms with Gasteiger partial charge in [-0.1, -0.05) is 22.0 Å². The largest absolute Gasteiger partial charge is 0.471 e. The van der Waals surface area contributed by atoms with Crippen molar-refractivity contribution in [1.29, 1.82) is 0 Å². The lowest BCUT2D eigenvalue weighted by Gasteiger charge is -2.21. The first-order valence-electron chi connectivity index (χ1n) is 5.51. The molecule has 2 rings (SSSR count). The molecule has 0 atom stereocenters. The summed E-state index contributed by atoms with van der Waals surface area (Å²) < 4.78 is 38.0. The van der Waals surface area contributed by atoms with Crippen LogP contribution in [0.2, 0.25) is 0 Å². The Morgan fingerprint density at radius 2 is 1.78 bits per heavy atom. The van der Waals surface area contributed by atoms with E-state index in [4.69, 9.17) is 0 Å². The molecule has 1 aliphatic heterocycles. The summed E-state index contributed by atoms with van der Waals surface area (Å²) in [5.41, 5.74) is 2.01. The number of carbonyl (C=O) groups excluding carboxylic acids is 1. The van der Waals surface area contributed by atoms with Crippen LogP contribution in [0.15, 0.2) is 22.7 Å². The second kappa shape index (κ2) is 4.91. The van der Waals surface area contributed by atoms with Gasteiger partial charge in [0.15, 0.2) is 0 Å². The Morgan fingerprint density at radius 3 is 2.39 bits per heavy atom. The van der Waals surface area contributed by atoms with Gasteiger partial charge in [0, 0.05) is 17.6 Å². The normalized spacial score (nSPS) is 16.1. The van der Waals surface area contributed by atoms with Crippen LogP contribution in [-0.2, 0) is 17.6 Å². The van der Waals surface area contributed by atoms with Gasteiger partial charge in [0.25, 0.3) is 0 Å². The van der Waals surface area contributed by atoms with Gasteiger partial charge in [0.1, 0.15) is 0 Å². The van der Waals surface area contributed by atoms with Crippen molar-refractivity contribution in [3.8, 4) is 0 Å². The molecule has 1 amide bonds. The van der Waals surface area contributed by atoms with Crippen molar-refractivity contribution >= 4 is 21.8 Å². The van der Waals surface area contributed by atoms with Crippen molar-refractivity contribution in [2.45, 2.75) is 19.0 Å². The minimum Gasteiger partial charge on any atom is -0.334 e. The Morgan fingerprint density at radius 1 is 1.17 bits per heavy atom. The van der Waals surface area contributed by atoms with Crippen LogP contribution in [0.3, 0.4) is 0 Å². The summed E-state index contributed by atoms with van der Waals surface area (Å²) in [5, 5.41) is 0. The zero-order valence-corrected chi connectivity index (χ0v) is 11.0. The molecule has 98 valence electrons. The number of fused-ring (bicyclic) bond motifs is 1. The van der Waals surface area contributed by atoms with Crippen molar-refractivity contribution in [2.24, 2.45) is 0 Å². The lowest BCUT2D eigenvalue weighted by Crippen LogP contribution is -2.42. The fraction of sp³-hybridized carbons (Fsp3) is 0.417. The zero-order valence-electron chi connectivity index (χ0n) is 9.43. The molecular weight excluding hydrogens is 311 g/mol. The molecule has 0 saturated carbocycles. The number of hydrogen-bond donors (Lipinski definition) is 0. The summed E-state index contributed by atoms with van der Waals surface area (Å²) in [6.45, 7) is 0.231. The highest BCUT2D eigenvalue weighted by Gasteiger charge is 2.42. The predicted octanol–water partition coefficient (Wildman–Crippen LogP) is 2.94. The molecule has 0 bridgehead atoms. The number of hydrogen-bond acceptors (Lipinski definition) is 1. The first-order valence-corrected chi connectivity index (χ1v) is 6.30. The Bertz CT molecular complexity index is 473. The second-order valence-electron chi connectivity index (χ2n) is 4.20. The molecular formula is C12H11BrF3NO. The highest BCUT2D eigenvalue weighted by Crippen LogP contribution is 2.24. The number of carbonyl (C=O) groups is 1. The van der Waals surface area contributed by atoms with E-state index in [0.29, 0.717) is 12.8 Å².